The van der Waals surface area contributed by atoms with Crippen molar-refractivity contribution in [1.29, 1.82) is 0 Å². The monoisotopic (exact) mass is 515 g/mol. The largest absolute Gasteiger partial charge is 0.298 e. The number of thiophene rings is 1. The van der Waals surface area contributed by atoms with Gasteiger partial charge >= 0.3 is 0 Å². The molecule has 0 saturated carbocycles. The minimum Gasteiger partial charge on any atom is -0.298 e. The molecule has 0 atom stereocenters. The first-order chi connectivity index (χ1) is 14.7. The van der Waals surface area contributed by atoms with Crippen LogP contribution in [0.25, 0.3) is 11.3 Å². The molecule has 31 heavy (non-hydrogen) atoms. The molecule has 0 radical (unpaired) electrons. The van der Waals surface area contributed by atoms with E-state index in [0.717, 1.165) is 18.4 Å². The number of nitrogens with one attached hydrogen (secondary N) is 1. The van der Waals surface area contributed by atoms with Crippen LogP contribution >= 0.6 is 45.9 Å². The molecule has 6 nitrogen and oxygen atoms in total. The topological polar surface area (TPSA) is 79.4 Å². The maximum absolute atomic E-state index is 12.8. The van der Waals surface area contributed by atoms with Gasteiger partial charge < -0.3 is 0 Å². The summed E-state index contributed by atoms with van der Waals surface area (Å²) in [5.41, 5.74) is 1.69. The SMILES string of the molecule is CC1CCN(S(=O)(=O)c2ccc(C(=O)Nc3nc(-c4cc(Cl)sc4Cl)cs3)cc2)CC1. The summed E-state index contributed by atoms with van der Waals surface area (Å²) in [6, 6.07) is 7.71. The molecule has 1 fully saturated rings. The summed E-state index contributed by atoms with van der Waals surface area (Å²) >= 11 is 14.7. The summed E-state index contributed by atoms with van der Waals surface area (Å²) < 4.78 is 28.3. The lowest BCUT2D eigenvalue weighted by molar-refractivity contribution is 0.102. The van der Waals surface area contributed by atoms with E-state index in [1.165, 1.54) is 51.2 Å². The Kier molecular flexibility index (Phi) is 6.71. The summed E-state index contributed by atoms with van der Waals surface area (Å²) in [5, 5.41) is 4.94. The summed E-state index contributed by atoms with van der Waals surface area (Å²) in [4.78, 5) is 17.2. The standard InChI is InChI=1S/C20H19Cl2N3O3S3/c1-12-6-8-25(9-7-12)31(27,28)14-4-2-13(3-5-14)19(26)24-20-23-16(11-29-20)15-10-17(21)30-18(15)22/h2-5,10-12H,6-9H2,1H3,(H,23,24,26). The van der Waals surface area contributed by atoms with Gasteiger partial charge in [-0.3, -0.25) is 10.1 Å². The minimum absolute atomic E-state index is 0.194. The Morgan fingerprint density at radius 1 is 1.19 bits per heavy atom. The molecule has 11 heteroatoms. The lowest BCUT2D eigenvalue weighted by Crippen LogP contribution is -2.37. The minimum atomic E-state index is -3.55. The van der Waals surface area contributed by atoms with E-state index >= 15 is 0 Å². The lowest BCUT2D eigenvalue weighted by Gasteiger charge is -2.29. The number of nitrogens with zero attached hydrogens (tertiary/aromatic N) is 2. The van der Waals surface area contributed by atoms with E-state index in [1.54, 1.807) is 11.4 Å². The first kappa shape index (κ1) is 22.7. The van der Waals surface area contributed by atoms with Crippen LogP contribution in [0, 0.1) is 5.92 Å². The summed E-state index contributed by atoms with van der Waals surface area (Å²) in [7, 11) is -3.55. The number of rotatable bonds is 5. The van der Waals surface area contributed by atoms with Crippen LogP contribution in [0.15, 0.2) is 40.6 Å². The van der Waals surface area contributed by atoms with Gasteiger partial charge in [-0.1, -0.05) is 30.1 Å². The van der Waals surface area contributed by atoms with E-state index in [2.05, 4.69) is 17.2 Å². The Bertz CT molecular complexity index is 1200. The molecule has 1 aliphatic rings. The molecule has 1 saturated heterocycles. The van der Waals surface area contributed by atoms with Crippen LogP contribution < -0.4 is 5.32 Å². The van der Waals surface area contributed by atoms with Gasteiger partial charge in [0, 0.05) is 29.6 Å². The molecule has 2 aromatic heterocycles. The van der Waals surface area contributed by atoms with Crippen LogP contribution in [0.4, 0.5) is 5.13 Å². The van der Waals surface area contributed by atoms with Crippen LogP contribution in [0.3, 0.4) is 0 Å². The smallest absolute Gasteiger partial charge is 0.257 e. The number of amides is 1. The number of thiazole rings is 1. The number of carbonyl (C=O) groups is 1. The number of hydrogen-bond acceptors (Lipinski definition) is 6. The van der Waals surface area contributed by atoms with Gasteiger partial charge in [-0.15, -0.1) is 22.7 Å². The third-order valence-electron chi connectivity index (χ3n) is 5.15. The third kappa shape index (κ3) is 4.97. The molecule has 1 aromatic carbocycles. The Morgan fingerprint density at radius 3 is 2.48 bits per heavy atom. The van der Waals surface area contributed by atoms with E-state index in [1.807, 2.05) is 0 Å². The first-order valence-corrected chi connectivity index (χ1v) is 13.5. The van der Waals surface area contributed by atoms with Gasteiger partial charge in [-0.2, -0.15) is 4.31 Å². The average molecular weight is 516 g/mol. The number of halogens is 2. The highest BCUT2D eigenvalue weighted by Crippen LogP contribution is 2.39. The number of anilines is 1. The van der Waals surface area contributed by atoms with Gasteiger partial charge in [-0.25, -0.2) is 13.4 Å². The molecule has 1 N–H and O–H groups in total. The third-order valence-corrected chi connectivity index (χ3v) is 9.31. The Morgan fingerprint density at radius 2 is 1.87 bits per heavy atom. The zero-order chi connectivity index (χ0) is 22.2. The van der Waals surface area contributed by atoms with Crippen molar-refractivity contribution in [3.05, 3.63) is 49.9 Å². The molecule has 1 amide bonds. The van der Waals surface area contributed by atoms with Crippen molar-refractivity contribution < 1.29 is 13.2 Å². The van der Waals surface area contributed by atoms with Crippen LogP contribution in [0.1, 0.15) is 30.1 Å². The fourth-order valence-corrected chi connectivity index (χ4v) is 6.95. The van der Waals surface area contributed by atoms with Gasteiger partial charge in [0.1, 0.15) is 4.34 Å². The Balaban J connectivity index is 1.45. The Hall–Kier alpha value is -1.49. The molecule has 0 aliphatic carbocycles. The van der Waals surface area contributed by atoms with Gasteiger partial charge in [0.15, 0.2) is 5.13 Å². The second-order valence-electron chi connectivity index (χ2n) is 7.34. The second-order valence-corrected chi connectivity index (χ2v) is 12.4. The van der Waals surface area contributed by atoms with Gasteiger partial charge in [0.05, 0.1) is 14.9 Å². The lowest BCUT2D eigenvalue weighted by atomic mass is 10.0. The number of hydrogen-bond donors (Lipinski definition) is 1. The van der Waals surface area contributed by atoms with Gasteiger partial charge in [0.2, 0.25) is 10.0 Å². The van der Waals surface area contributed by atoms with Crippen molar-refractivity contribution in [2.24, 2.45) is 5.92 Å². The molecular formula is C20H19Cl2N3O3S3. The number of piperidine rings is 1. The fourth-order valence-electron chi connectivity index (χ4n) is 3.29. The van der Waals surface area contributed by atoms with Gasteiger partial charge in [0.25, 0.3) is 5.91 Å². The van der Waals surface area contributed by atoms with E-state index in [4.69, 9.17) is 23.2 Å². The zero-order valence-corrected chi connectivity index (χ0v) is 20.4. The van der Waals surface area contributed by atoms with Crippen LogP contribution in [0.5, 0.6) is 0 Å². The Labute approximate surface area is 198 Å². The molecule has 0 unspecified atom stereocenters. The number of carbonyl (C=O) groups excluding carboxylic acids is 1. The van der Waals surface area contributed by atoms with Crippen molar-refractivity contribution in [3.8, 4) is 11.3 Å². The molecule has 0 bridgehead atoms. The average Bonchev–Trinajstić information content (AvgIpc) is 3.33. The maximum Gasteiger partial charge on any atom is 0.257 e. The zero-order valence-electron chi connectivity index (χ0n) is 16.5. The van der Waals surface area contributed by atoms with E-state index in [-0.39, 0.29) is 10.8 Å². The predicted octanol–water partition coefficient (Wildman–Crippen LogP) is 5.85. The van der Waals surface area contributed by atoms with E-state index in [9.17, 15) is 13.2 Å². The van der Waals surface area contributed by atoms with Crippen molar-refractivity contribution in [2.75, 3.05) is 18.4 Å². The molecule has 0 spiro atoms. The summed E-state index contributed by atoms with van der Waals surface area (Å²) in [5.74, 6) is 0.169. The molecular weight excluding hydrogens is 497 g/mol. The maximum atomic E-state index is 12.8. The van der Waals surface area contributed by atoms with Crippen molar-refractivity contribution >= 4 is 66.9 Å². The van der Waals surface area contributed by atoms with Crippen molar-refractivity contribution in [3.63, 3.8) is 0 Å². The quantitative estimate of drug-likeness (QED) is 0.461. The van der Waals surface area contributed by atoms with E-state index < -0.39 is 10.0 Å². The van der Waals surface area contributed by atoms with Crippen LogP contribution in [0.2, 0.25) is 8.67 Å². The first-order valence-electron chi connectivity index (χ1n) is 9.56. The number of sulfonamides is 1. The summed E-state index contributed by atoms with van der Waals surface area (Å²) in [6.45, 7) is 3.18. The highest BCUT2D eigenvalue weighted by atomic mass is 35.5. The van der Waals surface area contributed by atoms with Crippen LogP contribution in [-0.4, -0.2) is 36.7 Å². The normalized spacial score (nSPS) is 15.8. The molecule has 1 aliphatic heterocycles. The fraction of sp³-hybridized carbons (Fsp3) is 0.300. The molecule has 3 aromatic rings. The van der Waals surface area contributed by atoms with Gasteiger partial charge in [-0.05, 0) is 49.1 Å². The predicted molar refractivity (Wildman–Crippen MR) is 127 cm³/mol. The van der Waals surface area contributed by atoms with E-state index in [0.29, 0.717) is 44.1 Å². The highest BCUT2D eigenvalue weighted by molar-refractivity contribution is 7.89. The molecule has 164 valence electrons. The highest BCUT2D eigenvalue weighted by Gasteiger charge is 2.28. The van der Waals surface area contributed by atoms with Crippen molar-refractivity contribution in [2.45, 2.75) is 24.7 Å². The molecule has 3 heterocycles. The number of aromatic nitrogens is 1. The summed E-state index contributed by atoms with van der Waals surface area (Å²) in [6.07, 6.45) is 1.72. The molecule has 4 rings (SSSR count). The second kappa shape index (κ2) is 9.17. The number of benzene rings is 1. The van der Waals surface area contributed by atoms with Crippen molar-refractivity contribution in [1.82, 2.24) is 9.29 Å². The van der Waals surface area contributed by atoms with Crippen LogP contribution in [-0.2, 0) is 10.0 Å².